The van der Waals surface area contributed by atoms with Crippen molar-refractivity contribution in [2.45, 2.75) is 26.7 Å². The molecule has 0 fully saturated rings. The smallest absolute Gasteiger partial charge is 0.0175 e. The van der Waals surface area contributed by atoms with Crippen molar-refractivity contribution >= 4 is 0 Å². The highest BCUT2D eigenvalue weighted by Crippen LogP contribution is 2.02. The zero-order valence-electron chi connectivity index (χ0n) is 9.29. The van der Waals surface area contributed by atoms with Gasteiger partial charge in [-0.1, -0.05) is 48.9 Å². The van der Waals surface area contributed by atoms with Gasteiger partial charge in [-0.25, -0.2) is 0 Å². The number of rotatable bonds is 3. The summed E-state index contributed by atoms with van der Waals surface area (Å²) in [5, 5.41) is 0. The Morgan fingerprint density at radius 1 is 1.07 bits per heavy atom. The lowest BCUT2D eigenvalue weighted by Crippen LogP contribution is -1.77. The lowest BCUT2D eigenvalue weighted by Gasteiger charge is -1.94. The largest absolute Gasteiger partial charge is 0.103 e. The molecule has 0 aliphatic carbocycles. The first-order chi connectivity index (χ1) is 6.74. The number of benzene rings is 1. The molecule has 0 N–H and O–H groups in total. The van der Waals surface area contributed by atoms with Crippen LogP contribution in [0.1, 0.15) is 24.5 Å². The molecule has 76 valence electrons. The normalized spacial score (nSPS) is 8.43. The summed E-state index contributed by atoms with van der Waals surface area (Å²) in [4.78, 5) is 0. The monoisotopic (exact) mass is 188 g/mol. The van der Waals surface area contributed by atoms with Gasteiger partial charge in [-0.05, 0) is 25.3 Å². The molecule has 0 radical (unpaired) electrons. The van der Waals surface area contributed by atoms with E-state index < -0.39 is 0 Å². The Labute approximate surface area is 88.0 Å². The summed E-state index contributed by atoms with van der Waals surface area (Å²) in [6, 6.07) is 8.66. The van der Waals surface area contributed by atoms with E-state index in [9.17, 15) is 0 Å². The second-order valence-corrected chi connectivity index (χ2v) is 3.15. The van der Waals surface area contributed by atoms with Crippen molar-refractivity contribution in [2.24, 2.45) is 0 Å². The van der Waals surface area contributed by atoms with Gasteiger partial charge >= 0.3 is 0 Å². The third-order valence-corrected chi connectivity index (χ3v) is 1.86. The van der Waals surface area contributed by atoms with Crippen LogP contribution in [-0.4, -0.2) is 0 Å². The van der Waals surface area contributed by atoms with Crippen LogP contribution >= 0.6 is 0 Å². The lowest BCUT2D eigenvalue weighted by atomic mass is 10.1. The second-order valence-electron chi connectivity index (χ2n) is 3.15. The Bertz CT molecular complexity index is 248. The topological polar surface area (TPSA) is 0 Å². The van der Waals surface area contributed by atoms with Crippen LogP contribution in [0.25, 0.3) is 0 Å². The Morgan fingerprint density at radius 3 is 1.86 bits per heavy atom. The summed E-state index contributed by atoms with van der Waals surface area (Å²) >= 11 is 0. The van der Waals surface area contributed by atoms with E-state index in [-0.39, 0.29) is 0 Å². The van der Waals surface area contributed by atoms with Crippen molar-refractivity contribution < 1.29 is 0 Å². The minimum Gasteiger partial charge on any atom is -0.103 e. The summed E-state index contributed by atoms with van der Waals surface area (Å²) in [5.41, 5.74) is 2.76. The summed E-state index contributed by atoms with van der Waals surface area (Å²) in [6.07, 6.45) is 5.68. The summed E-state index contributed by atoms with van der Waals surface area (Å²) in [7, 11) is 0. The third-order valence-electron chi connectivity index (χ3n) is 1.86. The molecule has 14 heavy (non-hydrogen) atoms. The van der Waals surface area contributed by atoms with Crippen molar-refractivity contribution in [1.29, 1.82) is 0 Å². The highest BCUT2D eigenvalue weighted by molar-refractivity contribution is 5.20. The van der Waals surface area contributed by atoms with Crippen molar-refractivity contribution in [3.05, 3.63) is 60.7 Å². The van der Waals surface area contributed by atoms with Crippen LogP contribution < -0.4 is 0 Å². The fraction of sp³-hybridized carbons (Fsp3) is 0.286. The molecular formula is C14H20. The van der Waals surface area contributed by atoms with Crippen molar-refractivity contribution in [1.82, 2.24) is 0 Å². The van der Waals surface area contributed by atoms with E-state index in [1.54, 1.807) is 0 Å². The molecule has 0 bridgehead atoms. The predicted octanol–water partition coefficient (Wildman–Crippen LogP) is 4.31. The fourth-order valence-electron chi connectivity index (χ4n) is 0.942. The molecule has 0 nitrogen and oxygen atoms in total. The molecule has 1 aromatic carbocycles. The van der Waals surface area contributed by atoms with Gasteiger partial charge in [0.25, 0.3) is 0 Å². The Kier molecular flexibility index (Phi) is 7.53. The molecule has 0 heterocycles. The Hall–Kier alpha value is -1.30. The van der Waals surface area contributed by atoms with E-state index in [1.165, 1.54) is 11.1 Å². The quantitative estimate of drug-likeness (QED) is 0.620. The first-order valence-corrected chi connectivity index (χ1v) is 5.02. The SMILES string of the molecule is C=CCC=C.CCc1ccc(C)cc1. The minimum absolute atomic E-state index is 0.917. The third kappa shape index (κ3) is 6.24. The molecule has 1 rings (SSSR count). The zero-order valence-corrected chi connectivity index (χ0v) is 9.29. The van der Waals surface area contributed by atoms with Crippen LogP contribution in [0, 0.1) is 6.92 Å². The molecular weight excluding hydrogens is 168 g/mol. The van der Waals surface area contributed by atoms with Crippen LogP contribution in [0.4, 0.5) is 0 Å². The van der Waals surface area contributed by atoms with E-state index in [0.29, 0.717) is 0 Å². The van der Waals surface area contributed by atoms with Gasteiger partial charge in [-0.3, -0.25) is 0 Å². The van der Waals surface area contributed by atoms with E-state index >= 15 is 0 Å². The van der Waals surface area contributed by atoms with Crippen LogP contribution in [0.3, 0.4) is 0 Å². The van der Waals surface area contributed by atoms with Crippen molar-refractivity contribution in [3.63, 3.8) is 0 Å². The second kappa shape index (κ2) is 8.31. The van der Waals surface area contributed by atoms with E-state index in [4.69, 9.17) is 0 Å². The molecule has 0 spiro atoms. The number of aryl methyl sites for hydroxylation is 2. The zero-order chi connectivity index (χ0) is 10.8. The molecule has 0 saturated carbocycles. The van der Waals surface area contributed by atoms with Crippen molar-refractivity contribution in [2.75, 3.05) is 0 Å². The van der Waals surface area contributed by atoms with Crippen LogP contribution in [-0.2, 0) is 6.42 Å². The lowest BCUT2D eigenvalue weighted by molar-refractivity contribution is 1.14. The molecule has 0 amide bonds. The van der Waals surface area contributed by atoms with Gasteiger partial charge in [-0.2, -0.15) is 0 Å². The number of hydrogen-bond donors (Lipinski definition) is 0. The predicted molar refractivity (Wildman–Crippen MR) is 65.6 cm³/mol. The average molecular weight is 188 g/mol. The highest BCUT2D eigenvalue weighted by atomic mass is 13.9. The van der Waals surface area contributed by atoms with Gasteiger partial charge in [-0.15, -0.1) is 13.2 Å². The van der Waals surface area contributed by atoms with Crippen LogP contribution in [0.5, 0.6) is 0 Å². The van der Waals surface area contributed by atoms with Crippen LogP contribution in [0.15, 0.2) is 49.6 Å². The maximum Gasteiger partial charge on any atom is -0.0175 e. The standard InChI is InChI=1S/C9H12.C5H8/c1-3-9-6-4-8(2)5-7-9;1-3-5-4-2/h4-7H,3H2,1-2H3;3-4H,1-2,5H2. The average Bonchev–Trinajstić information content (AvgIpc) is 2.21. The van der Waals surface area contributed by atoms with Crippen LogP contribution in [0.2, 0.25) is 0 Å². The van der Waals surface area contributed by atoms with E-state index in [2.05, 4.69) is 51.3 Å². The Balaban J connectivity index is 0.000000292. The first-order valence-electron chi connectivity index (χ1n) is 5.02. The molecule has 1 aromatic rings. The Morgan fingerprint density at radius 2 is 1.57 bits per heavy atom. The molecule has 0 atom stereocenters. The van der Waals surface area contributed by atoms with Crippen molar-refractivity contribution in [3.8, 4) is 0 Å². The molecule has 0 aromatic heterocycles. The molecule has 0 heteroatoms. The van der Waals surface area contributed by atoms with Gasteiger partial charge in [0.05, 0.1) is 0 Å². The maximum atomic E-state index is 3.48. The van der Waals surface area contributed by atoms with Gasteiger partial charge < -0.3 is 0 Å². The molecule has 0 aliphatic heterocycles. The van der Waals surface area contributed by atoms with Gasteiger partial charge in [0.1, 0.15) is 0 Å². The van der Waals surface area contributed by atoms with E-state index in [0.717, 1.165) is 12.8 Å². The van der Waals surface area contributed by atoms with E-state index in [1.807, 2.05) is 12.2 Å². The summed E-state index contributed by atoms with van der Waals surface area (Å²) in [5.74, 6) is 0. The maximum absolute atomic E-state index is 3.48. The van der Waals surface area contributed by atoms with Gasteiger partial charge in [0, 0.05) is 0 Å². The van der Waals surface area contributed by atoms with Gasteiger partial charge in [0.2, 0.25) is 0 Å². The van der Waals surface area contributed by atoms with Gasteiger partial charge in [0.15, 0.2) is 0 Å². The summed E-state index contributed by atoms with van der Waals surface area (Å²) in [6.45, 7) is 11.2. The fourth-order valence-corrected chi connectivity index (χ4v) is 0.942. The number of allylic oxidation sites excluding steroid dienone is 2. The molecule has 0 saturated heterocycles. The minimum atomic E-state index is 0.917. The number of hydrogen-bond acceptors (Lipinski definition) is 0. The highest BCUT2D eigenvalue weighted by Gasteiger charge is 1.84. The first kappa shape index (κ1) is 12.7. The summed E-state index contributed by atoms with van der Waals surface area (Å²) < 4.78 is 0. The molecule has 0 unspecified atom stereocenters. The molecule has 0 aliphatic rings.